The Morgan fingerprint density at radius 1 is 1.29 bits per heavy atom. The van der Waals surface area contributed by atoms with Crippen LogP contribution in [0.2, 0.25) is 0 Å². The van der Waals surface area contributed by atoms with Crippen LogP contribution >= 0.6 is 0 Å². The molecule has 0 unspecified atom stereocenters. The molecule has 0 aliphatic heterocycles. The van der Waals surface area contributed by atoms with Crippen molar-refractivity contribution in [3.63, 3.8) is 0 Å². The third kappa shape index (κ3) is 4.14. The van der Waals surface area contributed by atoms with Crippen molar-refractivity contribution >= 4 is 12.0 Å². The summed E-state index contributed by atoms with van der Waals surface area (Å²) < 4.78 is 15.5. The van der Waals surface area contributed by atoms with Gasteiger partial charge in [0.15, 0.2) is 0 Å². The van der Waals surface area contributed by atoms with E-state index in [0.717, 1.165) is 5.56 Å². The molecule has 0 saturated carbocycles. The molecule has 0 bridgehead atoms. The summed E-state index contributed by atoms with van der Waals surface area (Å²) in [5.74, 6) is 1.85. The Morgan fingerprint density at radius 3 is 2.81 bits per heavy atom. The van der Waals surface area contributed by atoms with Gasteiger partial charge in [0, 0.05) is 17.7 Å². The van der Waals surface area contributed by atoms with Gasteiger partial charge in [-0.1, -0.05) is 0 Å². The molecule has 2 aromatic rings. The Hall–Kier alpha value is -2.69. The molecular weight excluding hydrogens is 270 g/mol. The molecule has 0 aliphatic carbocycles. The van der Waals surface area contributed by atoms with E-state index in [-0.39, 0.29) is 5.91 Å². The fourth-order valence-corrected chi connectivity index (χ4v) is 1.77. The van der Waals surface area contributed by atoms with Gasteiger partial charge in [0.05, 0.1) is 27.0 Å². The molecule has 0 saturated heterocycles. The Bertz CT molecular complexity index is 617. The first-order chi connectivity index (χ1) is 10.2. The van der Waals surface area contributed by atoms with Gasteiger partial charge in [0.1, 0.15) is 17.3 Å². The number of furan rings is 1. The van der Waals surface area contributed by atoms with Crippen LogP contribution < -0.4 is 14.8 Å². The van der Waals surface area contributed by atoms with Crippen molar-refractivity contribution in [2.75, 3.05) is 14.2 Å². The molecule has 21 heavy (non-hydrogen) atoms. The van der Waals surface area contributed by atoms with Crippen LogP contribution in [0, 0.1) is 0 Å². The predicted molar refractivity (Wildman–Crippen MR) is 79.1 cm³/mol. The van der Waals surface area contributed by atoms with Crippen LogP contribution in [0.3, 0.4) is 0 Å². The van der Waals surface area contributed by atoms with Gasteiger partial charge in [0.2, 0.25) is 5.91 Å². The van der Waals surface area contributed by atoms with Gasteiger partial charge in [-0.2, -0.15) is 0 Å². The summed E-state index contributed by atoms with van der Waals surface area (Å²) in [4.78, 5) is 11.7. The van der Waals surface area contributed by atoms with Crippen LogP contribution in [0.4, 0.5) is 0 Å². The van der Waals surface area contributed by atoms with Gasteiger partial charge >= 0.3 is 0 Å². The van der Waals surface area contributed by atoms with Gasteiger partial charge < -0.3 is 19.2 Å². The van der Waals surface area contributed by atoms with E-state index in [1.807, 2.05) is 12.1 Å². The van der Waals surface area contributed by atoms with Crippen molar-refractivity contribution < 1.29 is 18.7 Å². The lowest BCUT2D eigenvalue weighted by atomic mass is 10.1. The molecule has 5 heteroatoms. The lowest BCUT2D eigenvalue weighted by Crippen LogP contribution is -2.19. The Balaban J connectivity index is 1.98. The summed E-state index contributed by atoms with van der Waals surface area (Å²) in [5, 5.41) is 2.73. The van der Waals surface area contributed by atoms with Gasteiger partial charge in [-0.15, -0.1) is 0 Å². The number of carbonyl (C=O) groups excluding carboxylic acids is 1. The van der Waals surface area contributed by atoms with Crippen molar-refractivity contribution in [1.29, 1.82) is 0 Å². The second-order valence-corrected chi connectivity index (χ2v) is 4.24. The van der Waals surface area contributed by atoms with E-state index >= 15 is 0 Å². The number of hydrogen-bond donors (Lipinski definition) is 1. The molecule has 0 fully saturated rings. The van der Waals surface area contributed by atoms with Crippen LogP contribution in [-0.4, -0.2) is 20.1 Å². The van der Waals surface area contributed by atoms with Crippen LogP contribution in [-0.2, 0) is 11.3 Å². The molecule has 1 aromatic carbocycles. The molecule has 1 amide bonds. The average Bonchev–Trinajstić information content (AvgIpc) is 3.04. The second-order valence-electron chi connectivity index (χ2n) is 4.24. The normalized spacial score (nSPS) is 10.6. The van der Waals surface area contributed by atoms with E-state index < -0.39 is 0 Å². The quantitative estimate of drug-likeness (QED) is 0.830. The largest absolute Gasteiger partial charge is 0.497 e. The van der Waals surface area contributed by atoms with Crippen LogP contribution in [0.1, 0.15) is 11.3 Å². The van der Waals surface area contributed by atoms with Crippen LogP contribution in [0.15, 0.2) is 47.1 Å². The number of methoxy groups -OCH3 is 2. The molecule has 0 radical (unpaired) electrons. The third-order valence-corrected chi connectivity index (χ3v) is 2.87. The van der Waals surface area contributed by atoms with E-state index in [2.05, 4.69) is 5.32 Å². The van der Waals surface area contributed by atoms with Crippen molar-refractivity contribution in [3.8, 4) is 11.5 Å². The molecule has 2 rings (SSSR count). The average molecular weight is 287 g/mol. The summed E-state index contributed by atoms with van der Waals surface area (Å²) in [6, 6.07) is 8.98. The van der Waals surface area contributed by atoms with Gasteiger partial charge in [-0.3, -0.25) is 4.79 Å². The number of amides is 1. The summed E-state index contributed by atoms with van der Waals surface area (Å²) in [6.45, 7) is 0.357. The van der Waals surface area contributed by atoms with Crippen molar-refractivity contribution in [2.24, 2.45) is 0 Å². The van der Waals surface area contributed by atoms with Crippen LogP contribution in [0.25, 0.3) is 6.08 Å². The number of rotatable bonds is 6. The highest BCUT2D eigenvalue weighted by Gasteiger charge is 2.03. The SMILES string of the molecule is COc1ccc(/C=C/C(=O)NCc2ccco2)c(OC)c1. The highest BCUT2D eigenvalue weighted by Crippen LogP contribution is 2.25. The lowest BCUT2D eigenvalue weighted by Gasteiger charge is -2.07. The Labute approximate surface area is 123 Å². The fourth-order valence-electron chi connectivity index (χ4n) is 1.77. The highest BCUT2D eigenvalue weighted by molar-refractivity contribution is 5.92. The maximum absolute atomic E-state index is 11.7. The molecule has 5 nitrogen and oxygen atoms in total. The Morgan fingerprint density at radius 2 is 2.14 bits per heavy atom. The summed E-state index contributed by atoms with van der Waals surface area (Å²) in [6.07, 6.45) is 4.71. The number of hydrogen-bond acceptors (Lipinski definition) is 4. The smallest absolute Gasteiger partial charge is 0.244 e. The van der Waals surface area contributed by atoms with E-state index in [1.165, 1.54) is 6.08 Å². The Kier molecular flexibility index (Phi) is 5.04. The molecule has 1 N–H and O–H groups in total. The predicted octanol–water partition coefficient (Wildman–Crippen LogP) is 2.63. The zero-order chi connectivity index (χ0) is 15.1. The highest BCUT2D eigenvalue weighted by atomic mass is 16.5. The van der Waals surface area contributed by atoms with E-state index in [4.69, 9.17) is 13.9 Å². The van der Waals surface area contributed by atoms with Crippen molar-refractivity contribution in [2.45, 2.75) is 6.54 Å². The van der Waals surface area contributed by atoms with Gasteiger partial charge in [-0.25, -0.2) is 0 Å². The topological polar surface area (TPSA) is 60.7 Å². The fraction of sp³-hybridized carbons (Fsp3) is 0.188. The summed E-state index contributed by atoms with van der Waals surface area (Å²) in [5.41, 5.74) is 0.798. The zero-order valence-corrected chi connectivity index (χ0v) is 12.0. The van der Waals surface area contributed by atoms with Gasteiger partial charge in [-0.05, 0) is 30.3 Å². The van der Waals surface area contributed by atoms with Crippen molar-refractivity contribution in [3.05, 3.63) is 54.0 Å². The molecule has 0 spiro atoms. The minimum absolute atomic E-state index is 0.204. The first-order valence-electron chi connectivity index (χ1n) is 6.43. The van der Waals surface area contributed by atoms with Gasteiger partial charge in [0.25, 0.3) is 0 Å². The van der Waals surface area contributed by atoms with E-state index in [9.17, 15) is 4.79 Å². The first-order valence-corrected chi connectivity index (χ1v) is 6.43. The first kappa shape index (κ1) is 14.7. The minimum Gasteiger partial charge on any atom is -0.497 e. The molecular formula is C16H17NO4. The van der Waals surface area contributed by atoms with Crippen molar-refractivity contribution in [1.82, 2.24) is 5.32 Å². The molecule has 110 valence electrons. The second kappa shape index (κ2) is 7.19. The molecule has 1 heterocycles. The minimum atomic E-state index is -0.204. The summed E-state index contributed by atoms with van der Waals surface area (Å²) >= 11 is 0. The molecule has 1 aromatic heterocycles. The third-order valence-electron chi connectivity index (χ3n) is 2.87. The number of ether oxygens (including phenoxy) is 2. The summed E-state index contributed by atoms with van der Waals surface area (Å²) in [7, 11) is 3.16. The van der Waals surface area contributed by atoms with E-state index in [0.29, 0.717) is 23.8 Å². The zero-order valence-electron chi connectivity index (χ0n) is 12.0. The molecule has 0 aliphatic rings. The maximum Gasteiger partial charge on any atom is 0.244 e. The maximum atomic E-state index is 11.7. The number of carbonyl (C=O) groups is 1. The molecule has 0 atom stereocenters. The van der Waals surface area contributed by atoms with E-state index in [1.54, 1.807) is 44.8 Å². The number of benzene rings is 1. The van der Waals surface area contributed by atoms with Crippen LogP contribution in [0.5, 0.6) is 11.5 Å². The monoisotopic (exact) mass is 287 g/mol. The number of nitrogens with one attached hydrogen (secondary N) is 1. The lowest BCUT2D eigenvalue weighted by molar-refractivity contribution is -0.116. The standard InChI is InChI=1S/C16H17NO4/c1-19-13-7-5-12(15(10-13)20-2)6-8-16(18)17-11-14-4-3-9-21-14/h3-10H,11H2,1-2H3,(H,17,18)/b8-6+.